The molecular formula is C19H22N2O4S2. The summed E-state index contributed by atoms with van der Waals surface area (Å²) < 4.78 is 28.4. The van der Waals surface area contributed by atoms with E-state index in [-0.39, 0.29) is 11.7 Å². The molecule has 0 aliphatic carbocycles. The average Bonchev–Trinajstić information content (AvgIpc) is 3.10. The molecule has 1 aromatic heterocycles. The third kappa shape index (κ3) is 4.02. The highest BCUT2D eigenvalue weighted by Gasteiger charge is 2.27. The van der Waals surface area contributed by atoms with Gasteiger partial charge in [0.25, 0.3) is 5.91 Å². The Labute approximate surface area is 163 Å². The fourth-order valence-corrected chi connectivity index (χ4v) is 5.19. The van der Waals surface area contributed by atoms with Crippen LogP contribution in [-0.4, -0.2) is 68.9 Å². The topological polar surface area (TPSA) is 66.9 Å². The minimum absolute atomic E-state index is 0.0506. The van der Waals surface area contributed by atoms with Crippen LogP contribution in [0.5, 0.6) is 5.75 Å². The molecule has 0 unspecified atom stereocenters. The summed E-state index contributed by atoms with van der Waals surface area (Å²) in [6.45, 7) is 3.69. The highest BCUT2D eigenvalue weighted by molar-refractivity contribution is 7.90. The Bertz CT molecular complexity index is 960. The average molecular weight is 407 g/mol. The smallest absolute Gasteiger partial charge is 0.264 e. The molecule has 0 saturated carbocycles. The number of carbonyl (C=O) groups excluding carboxylic acids is 1. The van der Waals surface area contributed by atoms with Crippen LogP contribution >= 0.6 is 11.3 Å². The first-order valence-electron chi connectivity index (χ1n) is 8.95. The second kappa shape index (κ2) is 7.26. The number of thiophene rings is 1. The largest absolute Gasteiger partial charge is 0.488 e. The number of piperazine rings is 1. The number of fused-ring (bicyclic) bond motifs is 3. The molecule has 27 heavy (non-hydrogen) atoms. The first-order valence-corrected chi connectivity index (χ1v) is 11.8. The normalized spacial score (nSPS) is 17.1. The summed E-state index contributed by atoms with van der Waals surface area (Å²) in [5.74, 6) is 1.08. The number of sulfone groups is 1. The highest BCUT2D eigenvalue weighted by atomic mass is 32.2. The molecule has 0 N–H and O–H groups in total. The Balaban J connectivity index is 1.43. The summed E-state index contributed by atoms with van der Waals surface area (Å²) in [5, 5.41) is 0. The molecule has 0 radical (unpaired) electrons. The van der Waals surface area contributed by atoms with E-state index in [2.05, 4.69) is 4.90 Å². The lowest BCUT2D eigenvalue weighted by Crippen LogP contribution is -2.49. The molecule has 2 aromatic rings. The van der Waals surface area contributed by atoms with Crippen LogP contribution in [0.1, 0.15) is 15.2 Å². The van der Waals surface area contributed by atoms with E-state index in [1.165, 1.54) is 17.6 Å². The van der Waals surface area contributed by atoms with E-state index in [9.17, 15) is 13.2 Å². The van der Waals surface area contributed by atoms with Gasteiger partial charge < -0.3 is 9.64 Å². The SMILES string of the molecule is CS(=O)(=O)CCN1CCN(C(=O)c2cc3c(s2)-c2ccccc2OC3)CC1. The molecule has 3 heterocycles. The zero-order chi connectivity index (χ0) is 19.0. The third-order valence-electron chi connectivity index (χ3n) is 4.97. The van der Waals surface area contributed by atoms with Gasteiger partial charge in [-0.15, -0.1) is 11.3 Å². The van der Waals surface area contributed by atoms with Gasteiger partial charge in [-0.1, -0.05) is 12.1 Å². The van der Waals surface area contributed by atoms with Gasteiger partial charge in [-0.05, 0) is 18.2 Å². The van der Waals surface area contributed by atoms with Crippen molar-refractivity contribution in [2.24, 2.45) is 0 Å². The van der Waals surface area contributed by atoms with Crippen molar-refractivity contribution in [3.05, 3.63) is 40.8 Å². The van der Waals surface area contributed by atoms with Crippen molar-refractivity contribution in [1.29, 1.82) is 0 Å². The Morgan fingerprint density at radius 2 is 1.93 bits per heavy atom. The van der Waals surface area contributed by atoms with Crippen LogP contribution < -0.4 is 4.74 Å². The van der Waals surface area contributed by atoms with Gasteiger partial charge in [0.15, 0.2) is 0 Å². The van der Waals surface area contributed by atoms with Crippen molar-refractivity contribution in [3.8, 4) is 16.2 Å². The van der Waals surface area contributed by atoms with Gasteiger partial charge >= 0.3 is 0 Å². The zero-order valence-electron chi connectivity index (χ0n) is 15.2. The number of amides is 1. The van der Waals surface area contributed by atoms with Crippen molar-refractivity contribution >= 4 is 27.1 Å². The third-order valence-corrected chi connectivity index (χ3v) is 7.10. The van der Waals surface area contributed by atoms with E-state index in [4.69, 9.17) is 4.74 Å². The van der Waals surface area contributed by atoms with Gasteiger partial charge in [0.05, 0.1) is 10.6 Å². The van der Waals surface area contributed by atoms with Gasteiger partial charge in [0, 0.05) is 55.0 Å². The van der Waals surface area contributed by atoms with Crippen LogP contribution in [0.2, 0.25) is 0 Å². The Morgan fingerprint density at radius 3 is 2.67 bits per heavy atom. The van der Waals surface area contributed by atoms with E-state index in [1.807, 2.05) is 35.2 Å². The molecule has 1 fully saturated rings. The fourth-order valence-electron chi connectivity index (χ4n) is 3.43. The number of rotatable bonds is 4. The van der Waals surface area contributed by atoms with Crippen LogP contribution in [0, 0.1) is 0 Å². The fraction of sp³-hybridized carbons (Fsp3) is 0.421. The minimum Gasteiger partial charge on any atom is -0.488 e. The molecule has 1 amide bonds. The number of para-hydroxylation sites is 1. The molecule has 144 valence electrons. The van der Waals surface area contributed by atoms with E-state index in [0.717, 1.165) is 26.6 Å². The van der Waals surface area contributed by atoms with Crippen molar-refractivity contribution < 1.29 is 17.9 Å². The zero-order valence-corrected chi connectivity index (χ0v) is 16.8. The molecule has 6 nitrogen and oxygen atoms in total. The summed E-state index contributed by atoms with van der Waals surface area (Å²) in [7, 11) is -2.96. The van der Waals surface area contributed by atoms with Gasteiger partial charge in [-0.3, -0.25) is 9.69 Å². The predicted octanol–water partition coefficient (Wildman–Crippen LogP) is 2.11. The number of ether oxygens (including phenoxy) is 1. The number of nitrogens with zero attached hydrogens (tertiary/aromatic N) is 2. The summed E-state index contributed by atoms with van der Waals surface area (Å²) in [6.07, 6.45) is 1.26. The predicted molar refractivity (Wildman–Crippen MR) is 106 cm³/mol. The van der Waals surface area contributed by atoms with Crippen LogP contribution in [0.4, 0.5) is 0 Å². The van der Waals surface area contributed by atoms with E-state index >= 15 is 0 Å². The molecule has 0 bridgehead atoms. The molecular weight excluding hydrogens is 384 g/mol. The molecule has 0 spiro atoms. The molecule has 2 aliphatic rings. The van der Waals surface area contributed by atoms with Crippen molar-refractivity contribution in [2.75, 3.05) is 44.7 Å². The lowest BCUT2D eigenvalue weighted by Gasteiger charge is -2.34. The van der Waals surface area contributed by atoms with Gasteiger partial charge in [-0.25, -0.2) is 8.42 Å². The van der Waals surface area contributed by atoms with E-state index in [1.54, 1.807) is 0 Å². The van der Waals surface area contributed by atoms with Crippen molar-refractivity contribution in [2.45, 2.75) is 6.61 Å². The maximum atomic E-state index is 12.9. The molecule has 8 heteroatoms. The van der Waals surface area contributed by atoms with Crippen molar-refractivity contribution in [3.63, 3.8) is 0 Å². The van der Waals surface area contributed by atoms with E-state index < -0.39 is 9.84 Å². The van der Waals surface area contributed by atoms with Crippen LogP contribution in [-0.2, 0) is 16.4 Å². The van der Waals surface area contributed by atoms with Crippen LogP contribution in [0.25, 0.3) is 10.4 Å². The first kappa shape index (κ1) is 18.5. The van der Waals surface area contributed by atoms with Crippen LogP contribution in [0.15, 0.2) is 30.3 Å². The standard InChI is InChI=1S/C19H22N2O4S2/c1-27(23,24)11-10-20-6-8-21(9-7-20)19(22)17-12-14-13-25-16-5-3-2-4-15(16)18(14)26-17/h2-5,12H,6-11,13H2,1H3. The maximum Gasteiger partial charge on any atom is 0.264 e. The Morgan fingerprint density at radius 1 is 1.19 bits per heavy atom. The monoisotopic (exact) mass is 406 g/mol. The van der Waals surface area contributed by atoms with E-state index in [0.29, 0.717) is 39.3 Å². The Hall–Kier alpha value is -1.90. The summed E-state index contributed by atoms with van der Waals surface area (Å²) in [6, 6.07) is 9.86. The lowest BCUT2D eigenvalue weighted by molar-refractivity contribution is 0.0648. The summed E-state index contributed by atoms with van der Waals surface area (Å²) in [5.41, 5.74) is 2.11. The van der Waals surface area contributed by atoms with Gasteiger partial charge in [-0.2, -0.15) is 0 Å². The van der Waals surface area contributed by atoms with Gasteiger partial charge in [0.1, 0.15) is 22.2 Å². The molecule has 0 atom stereocenters. The quantitative estimate of drug-likeness (QED) is 0.778. The Kier molecular flexibility index (Phi) is 4.96. The number of hydrogen-bond acceptors (Lipinski definition) is 6. The minimum atomic E-state index is -2.96. The molecule has 2 aliphatic heterocycles. The lowest BCUT2D eigenvalue weighted by atomic mass is 10.1. The maximum absolute atomic E-state index is 12.9. The molecule has 1 aromatic carbocycles. The van der Waals surface area contributed by atoms with Crippen LogP contribution in [0.3, 0.4) is 0 Å². The second-order valence-corrected chi connectivity index (χ2v) is 10.3. The summed E-state index contributed by atoms with van der Waals surface area (Å²) >= 11 is 1.53. The first-order chi connectivity index (χ1) is 12.9. The number of carbonyl (C=O) groups is 1. The number of benzene rings is 1. The number of hydrogen-bond donors (Lipinski definition) is 0. The highest BCUT2D eigenvalue weighted by Crippen LogP contribution is 2.42. The molecule has 4 rings (SSSR count). The summed E-state index contributed by atoms with van der Waals surface area (Å²) in [4.78, 5) is 18.8. The van der Waals surface area contributed by atoms with Crippen molar-refractivity contribution in [1.82, 2.24) is 9.80 Å². The molecule has 1 saturated heterocycles. The van der Waals surface area contributed by atoms with Gasteiger partial charge in [0.2, 0.25) is 0 Å². The second-order valence-electron chi connectivity index (χ2n) is 7.01.